The Hall–Kier alpha value is -2.92. The van der Waals surface area contributed by atoms with E-state index in [1.54, 1.807) is 48.7 Å². The highest BCUT2D eigenvalue weighted by atomic mass is 33.1. The maximum absolute atomic E-state index is 12.6. The van der Waals surface area contributed by atoms with Gasteiger partial charge in [0.05, 0.1) is 19.0 Å². The van der Waals surface area contributed by atoms with Crippen molar-refractivity contribution in [2.45, 2.75) is 49.6 Å². The lowest BCUT2D eigenvalue weighted by Gasteiger charge is -2.24. The van der Waals surface area contributed by atoms with Gasteiger partial charge in [-0.2, -0.15) is 13.2 Å². The average Bonchev–Trinajstić information content (AvgIpc) is 3.54. The van der Waals surface area contributed by atoms with Gasteiger partial charge in [0.15, 0.2) is 17.0 Å². The van der Waals surface area contributed by atoms with Crippen LogP contribution in [0, 0.1) is 0 Å². The van der Waals surface area contributed by atoms with E-state index in [2.05, 4.69) is 20.3 Å². The van der Waals surface area contributed by atoms with Crippen molar-refractivity contribution in [3.05, 3.63) is 48.5 Å². The summed E-state index contributed by atoms with van der Waals surface area (Å²) in [5.41, 5.74) is 1.25. The second-order valence-corrected chi connectivity index (χ2v) is 12.3. The summed E-state index contributed by atoms with van der Waals surface area (Å²) in [5, 5.41) is 14.5. The van der Waals surface area contributed by atoms with Crippen LogP contribution in [-0.2, 0) is 14.3 Å². The lowest BCUT2D eigenvalue weighted by Crippen LogP contribution is -2.42. The minimum absolute atomic E-state index is 0.168. The molecule has 3 N–H and O–H groups in total. The van der Waals surface area contributed by atoms with E-state index in [1.165, 1.54) is 34.2 Å². The van der Waals surface area contributed by atoms with Gasteiger partial charge in [-0.05, 0) is 26.0 Å². The number of ether oxygens (including phenoxy) is 2. The van der Waals surface area contributed by atoms with E-state index in [-0.39, 0.29) is 30.8 Å². The number of amides is 2. The van der Waals surface area contributed by atoms with Crippen molar-refractivity contribution in [2.75, 3.05) is 24.4 Å². The number of alkyl halides is 3. The lowest BCUT2D eigenvalue weighted by molar-refractivity contribution is -0.173. The van der Waals surface area contributed by atoms with Crippen LogP contribution < -0.4 is 10.6 Å². The third kappa shape index (κ3) is 7.42. The Labute approximate surface area is 235 Å². The van der Waals surface area contributed by atoms with Crippen molar-refractivity contribution >= 4 is 50.4 Å². The summed E-state index contributed by atoms with van der Waals surface area (Å²) in [6, 6.07) is 8.67. The van der Waals surface area contributed by atoms with Gasteiger partial charge in [-0.1, -0.05) is 39.8 Å². The summed E-state index contributed by atoms with van der Waals surface area (Å²) in [5.74, 6) is -1.92. The number of imidazole rings is 1. The molecule has 2 aromatic heterocycles. The molecule has 2 amide bonds. The van der Waals surface area contributed by atoms with Crippen molar-refractivity contribution in [1.82, 2.24) is 24.8 Å². The van der Waals surface area contributed by atoms with E-state index in [1.807, 2.05) is 5.32 Å². The van der Waals surface area contributed by atoms with Crippen LogP contribution in [0.1, 0.15) is 36.9 Å². The number of hydrogen-bond donors (Lipinski definition) is 3. The van der Waals surface area contributed by atoms with Crippen molar-refractivity contribution in [3.63, 3.8) is 0 Å². The Kier molecular flexibility index (Phi) is 9.56. The van der Waals surface area contributed by atoms with Gasteiger partial charge in [0.25, 0.3) is 5.91 Å². The normalized spacial score (nSPS) is 19.6. The molecule has 3 atom stereocenters. The van der Waals surface area contributed by atoms with Crippen LogP contribution in [0.4, 0.5) is 19.0 Å². The van der Waals surface area contributed by atoms with Crippen LogP contribution in [0.25, 0.3) is 11.2 Å². The number of carbonyl (C=O) groups is 2. The first-order chi connectivity index (χ1) is 19.0. The van der Waals surface area contributed by atoms with Crippen molar-refractivity contribution in [2.24, 2.45) is 0 Å². The van der Waals surface area contributed by atoms with E-state index < -0.39 is 35.3 Å². The number of nitrogens with one attached hydrogen (secondary N) is 2. The number of nitrogens with zero attached hydrogens (tertiary/aromatic N) is 4. The number of aromatic nitrogens is 4. The highest BCUT2D eigenvalue weighted by Crippen LogP contribution is 2.38. The number of aliphatic hydroxyl groups excluding tert-OH is 1. The molecule has 0 spiro atoms. The molecule has 3 aromatic rings. The lowest BCUT2D eigenvalue weighted by atomic mass is 10.2. The van der Waals surface area contributed by atoms with Gasteiger partial charge in [-0.3, -0.25) is 14.2 Å². The van der Waals surface area contributed by atoms with E-state index in [4.69, 9.17) is 9.47 Å². The molecule has 11 nitrogen and oxygen atoms in total. The average molecular weight is 601 g/mol. The number of hydrogen-bond acceptors (Lipinski definition) is 10. The third-order valence-corrected chi connectivity index (χ3v) is 8.79. The molecule has 1 saturated heterocycles. The Morgan fingerprint density at radius 1 is 1.20 bits per heavy atom. The summed E-state index contributed by atoms with van der Waals surface area (Å²) in [6.45, 7) is 2.93. The summed E-state index contributed by atoms with van der Waals surface area (Å²) in [6.07, 6.45) is -3.42. The fourth-order valence-corrected chi connectivity index (χ4v) is 6.03. The highest BCUT2D eigenvalue weighted by molar-refractivity contribution is 8.77. The molecule has 1 aliphatic rings. The summed E-state index contributed by atoms with van der Waals surface area (Å²) >= 11 is 0. The first kappa shape index (κ1) is 30.0. The van der Waals surface area contributed by atoms with Crippen LogP contribution in [0.2, 0.25) is 0 Å². The second kappa shape index (κ2) is 12.7. The molecule has 0 bridgehead atoms. The number of rotatable bonds is 11. The molecular formula is C24H27F3N6O5S2. The predicted octanol–water partition coefficient (Wildman–Crippen LogP) is 3.54. The van der Waals surface area contributed by atoms with E-state index in [0.29, 0.717) is 23.1 Å². The topological polar surface area (TPSA) is 140 Å². The van der Waals surface area contributed by atoms with E-state index in [0.717, 1.165) is 0 Å². The number of halogens is 3. The molecule has 216 valence electrons. The molecule has 40 heavy (non-hydrogen) atoms. The Balaban J connectivity index is 1.34. The molecule has 1 aromatic carbocycles. The third-order valence-electron chi connectivity index (χ3n) is 5.84. The Bertz CT molecular complexity index is 1330. The van der Waals surface area contributed by atoms with E-state index >= 15 is 0 Å². The minimum atomic E-state index is -4.93. The van der Waals surface area contributed by atoms with E-state index in [9.17, 15) is 27.9 Å². The minimum Gasteiger partial charge on any atom is -0.394 e. The second-order valence-electron chi connectivity index (χ2n) is 9.38. The van der Waals surface area contributed by atoms with Crippen LogP contribution in [0.5, 0.6) is 0 Å². The number of carbonyl (C=O) groups excluding carboxylic acids is 2. The first-order valence-electron chi connectivity index (χ1n) is 12.1. The molecule has 4 rings (SSSR count). The van der Waals surface area contributed by atoms with Crippen LogP contribution >= 0.6 is 21.6 Å². The van der Waals surface area contributed by atoms with Gasteiger partial charge < -0.3 is 25.2 Å². The summed E-state index contributed by atoms with van der Waals surface area (Å²) < 4.78 is 50.2. The summed E-state index contributed by atoms with van der Waals surface area (Å²) in [4.78, 5) is 36.5. The Morgan fingerprint density at radius 3 is 2.65 bits per heavy atom. The van der Waals surface area contributed by atoms with Gasteiger partial charge in [0, 0.05) is 23.3 Å². The van der Waals surface area contributed by atoms with Crippen LogP contribution in [-0.4, -0.2) is 78.7 Å². The van der Waals surface area contributed by atoms with Gasteiger partial charge in [-0.15, -0.1) is 0 Å². The largest absolute Gasteiger partial charge is 0.471 e. The van der Waals surface area contributed by atoms with Gasteiger partial charge in [0.2, 0.25) is 0 Å². The molecular weight excluding hydrogens is 573 g/mol. The van der Waals surface area contributed by atoms with Gasteiger partial charge >= 0.3 is 12.1 Å². The quantitative estimate of drug-likeness (QED) is 0.170. The number of aliphatic hydroxyl groups is 1. The van der Waals surface area contributed by atoms with Gasteiger partial charge in [0.1, 0.15) is 24.6 Å². The highest BCUT2D eigenvalue weighted by Gasteiger charge is 2.40. The van der Waals surface area contributed by atoms with Crippen molar-refractivity contribution in [3.8, 4) is 0 Å². The fraction of sp³-hybridized carbons (Fsp3) is 0.458. The zero-order valence-corrected chi connectivity index (χ0v) is 23.1. The first-order valence-corrected chi connectivity index (χ1v) is 14.4. The standard InChI is InChI=1S/C24H27F3N6O5S2/c1-23(2,10-28-22(36)24(25,26)27)40-39-13-37-15-8-17(38-16(15)9-34)33-12-31-18-19(29-11-30-20(18)33)32-21(35)14-6-4-3-5-7-14/h3-7,11-12,15-17,34H,8-10,13H2,1-2H3,(H,28,36)(H,29,30,32,35)/t15?,16-,17-/m1/s1. The maximum atomic E-state index is 12.6. The van der Waals surface area contributed by atoms with Gasteiger partial charge in [-0.25, -0.2) is 15.0 Å². The van der Waals surface area contributed by atoms with Crippen LogP contribution in [0.15, 0.2) is 43.0 Å². The molecule has 1 unspecified atom stereocenters. The molecule has 0 saturated carbocycles. The molecule has 16 heteroatoms. The SMILES string of the molecule is CC(C)(CNC(=O)C(F)(F)F)SSCOC1C[C@H](n2cnc3c(NC(=O)c4ccccc4)ncnc32)O[C@@H]1CO. The predicted molar refractivity (Wildman–Crippen MR) is 143 cm³/mol. The number of fused-ring (bicyclic) bond motifs is 1. The van der Waals surface area contributed by atoms with Crippen molar-refractivity contribution in [1.29, 1.82) is 0 Å². The number of benzene rings is 1. The van der Waals surface area contributed by atoms with Crippen LogP contribution in [0.3, 0.4) is 0 Å². The molecule has 0 aliphatic carbocycles. The molecule has 3 heterocycles. The maximum Gasteiger partial charge on any atom is 0.471 e. The number of anilines is 1. The molecule has 0 radical (unpaired) electrons. The molecule has 1 aliphatic heterocycles. The monoisotopic (exact) mass is 600 g/mol. The smallest absolute Gasteiger partial charge is 0.394 e. The fourth-order valence-electron chi connectivity index (χ4n) is 3.86. The van der Waals surface area contributed by atoms with Crippen molar-refractivity contribution < 1.29 is 37.3 Å². The zero-order valence-electron chi connectivity index (χ0n) is 21.4. The Morgan fingerprint density at radius 2 is 1.95 bits per heavy atom. The summed E-state index contributed by atoms with van der Waals surface area (Å²) in [7, 11) is 2.54. The molecule has 1 fully saturated rings. The zero-order chi connectivity index (χ0) is 28.9.